The van der Waals surface area contributed by atoms with Crippen molar-refractivity contribution >= 4 is 51.5 Å². The van der Waals surface area contributed by atoms with Crippen molar-refractivity contribution in [3.05, 3.63) is 46.9 Å². The van der Waals surface area contributed by atoms with Crippen molar-refractivity contribution in [3.63, 3.8) is 0 Å². The van der Waals surface area contributed by atoms with Gasteiger partial charge in [-0.1, -0.05) is 39.8 Å². The summed E-state index contributed by atoms with van der Waals surface area (Å²) in [6, 6.07) is 15.2. The Morgan fingerprint density at radius 1 is 1.05 bits per heavy atom. The molecule has 0 aromatic heterocycles. The van der Waals surface area contributed by atoms with Gasteiger partial charge in [-0.2, -0.15) is 0 Å². The number of benzene rings is 2. The topological polar surface area (TPSA) is 6.48 Å². The van der Waals surface area contributed by atoms with E-state index in [9.17, 15) is 0 Å². The molecule has 0 N–H and O–H groups in total. The van der Waals surface area contributed by atoms with Crippen LogP contribution in [0.3, 0.4) is 0 Å². The van der Waals surface area contributed by atoms with E-state index in [-0.39, 0.29) is 12.4 Å². The standard InChI is InChI=1S/C17H19BrN2S.ClH/c1-19(2)10-5-11-20-14-6-3-4-7-16(14)21-17-9-8-13(18)12-15(17)20;/h3-4,6-9,12H,5,10-11H2,1-2H3;1H. The first-order valence-corrected chi connectivity index (χ1v) is 8.75. The van der Waals surface area contributed by atoms with Gasteiger partial charge >= 0.3 is 0 Å². The van der Waals surface area contributed by atoms with Gasteiger partial charge in [0.1, 0.15) is 0 Å². The van der Waals surface area contributed by atoms with Crippen molar-refractivity contribution in [2.24, 2.45) is 0 Å². The molecule has 1 aliphatic rings. The number of hydrogen-bond donors (Lipinski definition) is 0. The zero-order valence-corrected chi connectivity index (χ0v) is 16.0. The number of para-hydroxylation sites is 1. The molecule has 0 amide bonds. The second-order valence-corrected chi connectivity index (χ2v) is 7.49. The third-order valence-corrected chi connectivity index (χ3v) is 5.20. The molecule has 3 rings (SSSR count). The average molecular weight is 400 g/mol. The van der Waals surface area contributed by atoms with Gasteiger partial charge in [-0.15, -0.1) is 12.4 Å². The Kier molecular flexibility index (Phi) is 6.21. The molecule has 0 saturated carbocycles. The largest absolute Gasteiger partial charge is 0.340 e. The predicted octanol–water partition coefficient (Wildman–Crippen LogP) is 5.43. The monoisotopic (exact) mass is 398 g/mol. The lowest BCUT2D eigenvalue weighted by Gasteiger charge is -2.33. The Labute approximate surface area is 151 Å². The minimum absolute atomic E-state index is 0. The van der Waals surface area contributed by atoms with Crippen LogP contribution in [0.2, 0.25) is 0 Å². The molecule has 0 saturated heterocycles. The molecule has 22 heavy (non-hydrogen) atoms. The highest BCUT2D eigenvalue weighted by Gasteiger charge is 2.22. The van der Waals surface area contributed by atoms with Gasteiger partial charge in [0.2, 0.25) is 0 Å². The Hall–Kier alpha value is -0.680. The van der Waals surface area contributed by atoms with Crippen molar-refractivity contribution in [1.82, 2.24) is 4.90 Å². The van der Waals surface area contributed by atoms with E-state index in [1.165, 1.54) is 21.2 Å². The van der Waals surface area contributed by atoms with E-state index < -0.39 is 0 Å². The van der Waals surface area contributed by atoms with Crippen LogP contribution in [0.25, 0.3) is 0 Å². The lowest BCUT2D eigenvalue weighted by atomic mass is 10.2. The maximum Gasteiger partial charge on any atom is 0.0564 e. The molecule has 1 heterocycles. The molecule has 0 aliphatic carbocycles. The van der Waals surface area contributed by atoms with E-state index in [0.717, 1.165) is 24.0 Å². The van der Waals surface area contributed by atoms with Crippen molar-refractivity contribution in [3.8, 4) is 0 Å². The van der Waals surface area contributed by atoms with Gasteiger partial charge in [0.05, 0.1) is 11.4 Å². The number of halogens is 2. The molecular weight excluding hydrogens is 380 g/mol. The summed E-state index contributed by atoms with van der Waals surface area (Å²) in [6.45, 7) is 2.15. The summed E-state index contributed by atoms with van der Waals surface area (Å²) in [7, 11) is 4.26. The summed E-state index contributed by atoms with van der Waals surface area (Å²) < 4.78 is 1.14. The highest BCUT2D eigenvalue weighted by Crippen LogP contribution is 2.48. The molecule has 2 aromatic rings. The molecule has 118 valence electrons. The lowest BCUT2D eigenvalue weighted by molar-refractivity contribution is 0.402. The molecule has 0 unspecified atom stereocenters. The first-order chi connectivity index (χ1) is 10.1. The summed E-state index contributed by atoms with van der Waals surface area (Å²) in [5.41, 5.74) is 2.64. The maximum absolute atomic E-state index is 3.61. The number of rotatable bonds is 4. The van der Waals surface area contributed by atoms with Gasteiger partial charge in [-0.05, 0) is 57.4 Å². The smallest absolute Gasteiger partial charge is 0.0564 e. The maximum atomic E-state index is 3.61. The van der Waals surface area contributed by atoms with Gasteiger partial charge in [-0.25, -0.2) is 0 Å². The van der Waals surface area contributed by atoms with Crippen LogP contribution in [0.1, 0.15) is 6.42 Å². The molecule has 0 spiro atoms. The zero-order chi connectivity index (χ0) is 14.8. The minimum atomic E-state index is 0. The van der Waals surface area contributed by atoms with E-state index in [4.69, 9.17) is 0 Å². The third kappa shape index (κ3) is 3.80. The molecule has 1 aliphatic heterocycles. The zero-order valence-electron chi connectivity index (χ0n) is 12.8. The second-order valence-electron chi connectivity index (χ2n) is 5.49. The van der Waals surface area contributed by atoms with Gasteiger partial charge in [0.25, 0.3) is 0 Å². The number of anilines is 2. The SMILES string of the molecule is CN(C)CCCN1c2ccccc2Sc2ccc(Br)cc21.Cl. The number of nitrogens with zero attached hydrogens (tertiary/aromatic N) is 2. The van der Waals surface area contributed by atoms with Gasteiger partial charge in [-0.3, -0.25) is 0 Å². The summed E-state index contributed by atoms with van der Waals surface area (Å²) in [5.74, 6) is 0. The molecule has 0 radical (unpaired) electrons. The van der Waals surface area contributed by atoms with E-state index in [0.29, 0.717) is 0 Å². The fourth-order valence-corrected chi connectivity index (χ4v) is 4.01. The van der Waals surface area contributed by atoms with Crippen LogP contribution in [0.15, 0.2) is 56.7 Å². The summed E-state index contributed by atoms with van der Waals surface area (Å²) >= 11 is 5.47. The summed E-state index contributed by atoms with van der Waals surface area (Å²) in [4.78, 5) is 7.38. The van der Waals surface area contributed by atoms with E-state index in [2.05, 4.69) is 82.3 Å². The van der Waals surface area contributed by atoms with Crippen LogP contribution in [-0.4, -0.2) is 32.1 Å². The molecule has 0 atom stereocenters. The van der Waals surface area contributed by atoms with Gasteiger partial charge in [0, 0.05) is 20.8 Å². The summed E-state index contributed by atoms with van der Waals surface area (Å²) in [5, 5.41) is 0. The molecule has 5 heteroatoms. The second kappa shape index (κ2) is 7.73. The van der Waals surface area contributed by atoms with E-state index in [1.54, 1.807) is 0 Å². The Morgan fingerprint density at radius 3 is 2.55 bits per heavy atom. The minimum Gasteiger partial charge on any atom is -0.340 e. The fraction of sp³-hybridized carbons (Fsp3) is 0.294. The molecule has 0 fully saturated rings. The van der Waals surface area contributed by atoms with E-state index in [1.807, 2.05) is 11.8 Å². The van der Waals surface area contributed by atoms with Crippen LogP contribution in [0.4, 0.5) is 11.4 Å². The highest BCUT2D eigenvalue weighted by molar-refractivity contribution is 9.10. The molecular formula is C17H20BrClN2S. The van der Waals surface area contributed by atoms with Gasteiger partial charge < -0.3 is 9.80 Å². The number of fused-ring (bicyclic) bond motifs is 2. The Balaban J connectivity index is 0.00000176. The molecule has 2 nitrogen and oxygen atoms in total. The quantitative estimate of drug-likeness (QED) is 0.677. The Morgan fingerprint density at radius 2 is 1.77 bits per heavy atom. The lowest BCUT2D eigenvalue weighted by Crippen LogP contribution is -2.25. The highest BCUT2D eigenvalue weighted by atomic mass is 79.9. The first kappa shape index (κ1) is 17.7. The van der Waals surface area contributed by atoms with E-state index >= 15 is 0 Å². The van der Waals surface area contributed by atoms with Crippen molar-refractivity contribution in [2.75, 3.05) is 32.1 Å². The fourth-order valence-electron chi connectivity index (χ4n) is 2.59. The van der Waals surface area contributed by atoms with Crippen LogP contribution in [0.5, 0.6) is 0 Å². The normalized spacial score (nSPS) is 12.6. The van der Waals surface area contributed by atoms with Crippen LogP contribution in [0, 0.1) is 0 Å². The third-order valence-electron chi connectivity index (χ3n) is 3.57. The predicted molar refractivity (Wildman–Crippen MR) is 102 cm³/mol. The van der Waals surface area contributed by atoms with Crippen LogP contribution in [-0.2, 0) is 0 Å². The first-order valence-electron chi connectivity index (χ1n) is 7.14. The average Bonchev–Trinajstić information content (AvgIpc) is 2.46. The van der Waals surface area contributed by atoms with Crippen molar-refractivity contribution < 1.29 is 0 Å². The van der Waals surface area contributed by atoms with Crippen LogP contribution < -0.4 is 4.90 Å². The Bertz CT molecular complexity index is 648. The van der Waals surface area contributed by atoms with Crippen molar-refractivity contribution in [2.45, 2.75) is 16.2 Å². The van der Waals surface area contributed by atoms with Crippen LogP contribution >= 0.6 is 40.1 Å². The molecule has 0 bridgehead atoms. The number of hydrogen-bond acceptors (Lipinski definition) is 3. The van der Waals surface area contributed by atoms with Gasteiger partial charge in [0.15, 0.2) is 0 Å². The molecule has 2 aromatic carbocycles. The summed E-state index contributed by atoms with van der Waals surface area (Å²) in [6.07, 6.45) is 1.15. The van der Waals surface area contributed by atoms with Crippen molar-refractivity contribution in [1.29, 1.82) is 0 Å².